The summed E-state index contributed by atoms with van der Waals surface area (Å²) in [5, 5.41) is 23.3. The zero-order chi connectivity index (χ0) is 39.2. The van der Waals surface area contributed by atoms with Gasteiger partial charge in [0, 0.05) is 29.3 Å². The minimum atomic E-state index is -4.42. The van der Waals surface area contributed by atoms with Crippen LogP contribution in [0.5, 0.6) is 17.2 Å². The first-order valence-corrected chi connectivity index (χ1v) is 20.7. The third-order valence-corrected chi connectivity index (χ3v) is 13.0. The maximum absolute atomic E-state index is 15.8. The number of fused-ring (bicyclic) bond motifs is 1. The molecule has 3 N–H and O–H groups in total. The van der Waals surface area contributed by atoms with E-state index in [4.69, 9.17) is 19.9 Å². The number of hydrogen-bond acceptors (Lipinski definition) is 13. The van der Waals surface area contributed by atoms with Gasteiger partial charge in [-0.25, -0.2) is 18.1 Å². The smallest absolute Gasteiger partial charge is 0.245 e. The van der Waals surface area contributed by atoms with Crippen LogP contribution in [-0.4, -0.2) is 76.7 Å². The zero-order valence-corrected chi connectivity index (χ0v) is 33.3. The number of sulfonamides is 1. The molecule has 288 valence electrons. The molecule has 0 radical (unpaired) electrons. The van der Waals surface area contributed by atoms with E-state index >= 15 is 8.42 Å². The molecule has 0 spiro atoms. The van der Waals surface area contributed by atoms with E-state index in [-0.39, 0.29) is 42.7 Å². The highest BCUT2D eigenvalue weighted by Crippen LogP contribution is 2.45. The van der Waals surface area contributed by atoms with Crippen LogP contribution in [0.15, 0.2) is 113 Å². The van der Waals surface area contributed by atoms with E-state index < -0.39 is 10.0 Å². The molecule has 0 fully saturated rings. The maximum Gasteiger partial charge on any atom is 0.245 e. The second-order valence-corrected chi connectivity index (χ2v) is 16.6. The molecule has 0 atom stereocenters. The number of methoxy groups -OCH3 is 3. The van der Waals surface area contributed by atoms with Crippen LogP contribution in [0.3, 0.4) is 0 Å². The first kappa shape index (κ1) is 38.7. The molecule has 0 aliphatic rings. The standard InChI is InChI=1S/C40H39N7O6S3/c1-51-29-13-7-26(8-14-29)23-46(24-27-9-15-30(52-2)16-10-27)56(49,50)38-35(54-22-21-48)20-19-32(33-5-4-6-34-37(33)42-40(41)55-34)36(38)39-43-44-45-47(39)25-28-11-17-31(53-3)18-12-28/h4-20,48H,21-25H2,1-3H3,(H2,41,42). The average molecular weight is 810 g/mol. The fourth-order valence-corrected chi connectivity index (χ4v) is 9.98. The van der Waals surface area contributed by atoms with Crippen LogP contribution in [-0.2, 0) is 29.7 Å². The Kier molecular flexibility index (Phi) is 11.8. The van der Waals surface area contributed by atoms with Crippen LogP contribution in [0.2, 0.25) is 0 Å². The number of para-hydroxylation sites is 1. The normalized spacial score (nSPS) is 11.7. The van der Waals surface area contributed by atoms with E-state index in [0.717, 1.165) is 21.4 Å². The Morgan fingerprint density at radius 1 is 0.786 bits per heavy atom. The number of aliphatic hydroxyl groups excluding tert-OH is 1. The molecule has 0 amide bonds. The predicted molar refractivity (Wildman–Crippen MR) is 219 cm³/mol. The van der Waals surface area contributed by atoms with Gasteiger partial charge in [0.1, 0.15) is 22.1 Å². The lowest BCUT2D eigenvalue weighted by Gasteiger charge is -2.26. The van der Waals surface area contributed by atoms with Crippen LogP contribution < -0.4 is 19.9 Å². The Balaban J connectivity index is 1.48. The molecule has 16 heteroatoms. The van der Waals surface area contributed by atoms with Crippen LogP contribution >= 0.6 is 23.1 Å². The minimum absolute atomic E-state index is 0.00135. The van der Waals surface area contributed by atoms with Crippen molar-refractivity contribution in [2.45, 2.75) is 29.4 Å². The van der Waals surface area contributed by atoms with Crippen molar-refractivity contribution in [3.05, 3.63) is 120 Å². The van der Waals surface area contributed by atoms with E-state index in [9.17, 15) is 5.11 Å². The van der Waals surface area contributed by atoms with Gasteiger partial charge in [0.25, 0.3) is 0 Å². The molecule has 7 aromatic rings. The highest BCUT2D eigenvalue weighted by Gasteiger charge is 2.35. The van der Waals surface area contributed by atoms with E-state index in [1.54, 1.807) is 56.3 Å². The third-order valence-electron chi connectivity index (χ3n) is 9.08. The van der Waals surface area contributed by atoms with Crippen molar-refractivity contribution < 1.29 is 27.7 Å². The molecule has 7 rings (SSSR count). The van der Waals surface area contributed by atoms with Crippen LogP contribution in [0.4, 0.5) is 5.13 Å². The topological polar surface area (TPSA) is 168 Å². The number of ether oxygens (including phenoxy) is 3. The van der Waals surface area contributed by atoms with Gasteiger partial charge in [-0.05, 0) is 81.2 Å². The largest absolute Gasteiger partial charge is 0.497 e. The van der Waals surface area contributed by atoms with E-state index in [1.807, 2.05) is 72.8 Å². The molecular formula is C40H39N7O6S3. The summed E-state index contributed by atoms with van der Waals surface area (Å²) < 4.78 is 51.5. The van der Waals surface area contributed by atoms with Crippen molar-refractivity contribution in [3.63, 3.8) is 0 Å². The van der Waals surface area contributed by atoms with Gasteiger partial charge in [0.15, 0.2) is 11.0 Å². The summed E-state index contributed by atoms with van der Waals surface area (Å²) in [6.45, 7) is 0.117. The molecule has 13 nitrogen and oxygen atoms in total. The predicted octanol–water partition coefficient (Wildman–Crippen LogP) is 6.75. The summed E-state index contributed by atoms with van der Waals surface area (Å²) >= 11 is 2.58. The number of thioether (sulfide) groups is 1. The fraction of sp³-hybridized carbons (Fsp3) is 0.200. The minimum Gasteiger partial charge on any atom is -0.497 e. The average Bonchev–Trinajstić information content (AvgIpc) is 3.85. The van der Waals surface area contributed by atoms with Crippen LogP contribution in [0.1, 0.15) is 16.7 Å². The number of hydrogen-bond donors (Lipinski definition) is 2. The number of benzene rings is 5. The highest BCUT2D eigenvalue weighted by molar-refractivity contribution is 8.00. The number of nitrogens with two attached hydrogens (primary N) is 1. The first-order valence-electron chi connectivity index (χ1n) is 17.4. The van der Waals surface area contributed by atoms with Gasteiger partial charge in [-0.2, -0.15) is 4.31 Å². The number of anilines is 1. The second kappa shape index (κ2) is 17.1. The Morgan fingerprint density at radius 2 is 1.38 bits per heavy atom. The molecule has 5 aromatic carbocycles. The van der Waals surface area contributed by atoms with E-state index in [1.165, 1.54) is 27.4 Å². The number of thiazole rings is 1. The molecule has 0 unspecified atom stereocenters. The molecule has 0 aliphatic carbocycles. The monoisotopic (exact) mass is 809 g/mol. The number of tetrazole rings is 1. The lowest BCUT2D eigenvalue weighted by Crippen LogP contribution is -2.31. The molecule has 2 heterocycles. The Bertz CT molecular complexity index is 2490. The van der Waals surface area contributed by atoms with E-state index in [2.05, 4.69) is 20.5 Å². The molecule has 56 heavy (non-hydrogen) atoms. The number of nitrogen functional groups attached to an aromatic ring is 1. The van der Waals surface area contributed by atoms with E-state index in [0.29, 0.717) is 49.5 Å². The number of aliphatic hydroxyl groups is 1. The second-order valence-electron chi connectivity index (χ2n) is 12.6. The highest BCUT2D eigenvalue weighted by atomic mass is 32.2. The van der Waals surface area contributed by atoms with Crippen LogP contribution in [0, 0.1) is 0 Å². The number of nitrogens with zero attached hydrogens (tertiary/aromatic N) is 6. The molecule has 0 bridgehead atoms. The quantitative estimate of drug-likeness (QED) is 0.0988. The number of aromatic nitrogens is 5. The van der Waals surface area contributed by atoms with Crippen molar-refractivity contribution in [1.82, 2.24) is 29.5 Å². The van der Waals surface area contributed by atoms with Crippen molar-refractivity contribution in [2.24, 2.45) is 0 Å². The SMILES string of the molecule is COc1ccc(CN(Cc2ccc(OC)cc2)S(=O)(=O)c2c(SCCO)ccc(-c3cccc4sc(N)nc34)c2-c2nnnn2Cc2ccc(OC)cc2)cc1. The summed E-state index contributed by atoms with van der Waals surface area (Å²) in [4.78, 5) is 5.09. The van der Waals surface area contributed by atoms with Crippen molar-refractivity contribution >= 4 is 48.5 Å². The van der Waals surface area contributed by atoms with Gasteiger partial charge in [0.05, 0.1) is 50.3 Å². The molecule has 2 aromatic heterocycles. The zero-order valence-electron chi connectivity index (χ0n) is 30.8. The summed E-state index contributed by atoms with van der Waals surface area (Å²) in [5.74, 6) is 2.47. The number of rotatable bonds is 16. The van der Waals surface area contributed by atoms with Crippen LogP contribution in [0.25, 0.3) is 32.7 Å². The Morgan fingerprint density at radius 3 is 1.95 bits per heavy atom. The summed E-state index contributed by atoms with van der Waals surface area (Å²) in [5.41, 5.74) is 10.7. The summed E-state index contributed by atoms with van der Waals surface area (Å²) in [7, 11) is 0.340. The molecular weight excluding hydrogens is 771 g/mol. The summed E-state index contributed by atoms with van der Waals surface area (Å²) in [6, 6.07) is 31.4. The van der Waals surface area contributed by atoms with Gasteiger partial charge in [-0.3, -0.25) is 0 Å². The lowest BCUT2D eigenvalue weighted by molar-refractivity contribution is 0.322. The van der Waals surface area contributed by atoms with Gasteiger partial charge < -0.3 is 25.1 Å². The Hall–Kier alpha value is -5.52. The van der Waals surface area contributed by atoms with Crippen molar-refractivity contribution in [2.75, 3.05) is 39.4 Å². The van der Waals surface area contributed by atoms with Gasteiger partial charge in [-0.1, -0.05) is 65.9 Å². The van der Waals surface area contributed by atoms with Crippen molar-refractivity contribution in [3.8, 4) is 39.8 Å². The maximum atomic E-state index is 15.8. The fourth-order valence-electron chi connectivity index (χ4n) is 6.34. The summed E-state index contributed by atoms with van der Waals surface area (Å²) in [6.07, 6.45) is 0. The third kappa shape index (κ3) is 8.20. The molecule has 0 saturated heterocycles. The molecule has 0 aliphatic heterocycles. The Labute approximate surface area is 332 Å². The first-order chi connectivity index (χ1) is 27.2. The molecule has 0 saturated carbocycles. The van der Waals surface area contributed by atoms with Gasteiger partial charge >= 0.3 is 0 Å². The van der Waals surface area contributed by atoms with Gasteiger partial charge in [0.2, 0.25) is 10.0 Å². The van der Waals surface area contributed by atoms with Crippen molar-refractivity contribution in [1.29, 1.82) is 0 Å². The van der Waals surface area contributed by atoms with Gasteiger partial charge in [-0.15, -0.1) is 16.9 Å². The lowest BCUT2D eigenvalue weighted by atomic mass is 9.98.